The largest absolute Gasteiger partial charge is 0.381 e. The molecule has 1 aromatic heterocycles. The minimum atomic E-state index is 0.0514. The van der Waals surface area contributed by atoms with Gasteiger partial charge in [-0.1, -0.05) is 12.8 Å². The van der Waals surface area contributed by atoms with Gasteiger partial charge >= 0.3 is 0 Å². The third-order valence-electron chi connectivity index (χ3n) is 4.50. The van der Waals surface area contributed by atoms with Crippen LogP contribution in [0, 0.1) is 0 Å². The van der Waals surface area contributed by atoms with Crippen molar-refractivity contribution < 1.29 is 4.79 Å². The smallest absolute Gasteiger partial charge is 0.272 e. The van der Waals surface area contributed by atoms with Crippen LogP contribution in [-0.4, -0.2) is 60.0 Å². The van der Waals surface area contributed by atoms with Crippen molar-refractivity contribution in [3.63, 3.8) is 0 Å². The summed E-state index contributed by atoms with van der Waals surface area (Å²) < 4.78 is 0. The third kappa shape index (κ3) is 3.53. The summed E-state index contributed by atoms with van der Waals surface area (Å²) in [6.45, 7) is 3.46. The van der Waals surface area contributed by atoms with Crippen LogP contribution in [0.15, 0.2) is 18.3 Å². The van der Waals surface area contributed by atoms with Gasteiger partial charge in [0, 0.05) is 32.2 Å². The van der Waals surface area contributed by atoms with Crippen molar-refractivity contribution in [3.05, 3.63) is 24.0 Å². The van der Waals surface area contributed by atoms with Gasteiger partial charge in [0.15, 0.2) is 0 Å². The molecule has 0 aromatic carbocycles. The Morgan fingerprint density at radius 1 is 1.19 bits per heavy atom. The quantitative estimate of drug-likeness (QED) is 0.922. The highest BCUT2D eigenvalue weighted by molar-refractivity contribution is 5.92. The summed E-state index contributed by atoms with van der Waals surface area (Å²) in [5.41, 5.74) is 1.58. The second kappa shape index (κ2) is 6.43. The number of rotatable bonds is 3. The lowest BCUT2D eigenvalue weighted by Crippen LogP contribution is -2.47. The van der Waals surface area contributed by atoms with Crippen molar-refractivity contribution >= 4 is 11.6 Å². The molecule has 21 heavy (non-hydrogen) atoms. The van der Waals surface area contributed by atoms with Crippen LogP contribution < -0.4 is 5.32 Å². The maximum absolute atomic E-state index is 12.4. The van der Waals surface area contributed by atoms with Gasteiger partial charge in [-0.3, -0.25) is 4.79 Å². The SMILES string of the molecule is CN1CCN(C(=O)c2ccc(NC3CCCC3)cn2)CC1. The first kappa shape index (κ1) is 14.3. The second-order valence-corrected chi connectivity index (χ2v) is 6.15. The van der Waals surface area contributed by atoms with Gasteiger partial charge in [0.05, 0.1) is 11.9 Å². The summed E-state index contributed by atoms with van der Waals surface area (Å²) in [5, 5.41) is 3.50. The number of hydrogen-bond donors (Lipinski definition) is 1. The molecule has 1 amide bonds. The molecule has 114 valence electrons. The number of hydrogen-bond acceptors (Lipinski definition) is 4. The number of carbonyl (C=O) groups is 1. The molecule has 1 N–H and O–H groups in total. The maximum Gasteiger partial charge on any atom is 0.272 e. The third-order valence-corrected chi connectivity index (χ3v) is 4.50. The van der Waals surface area contributed by atoms with E-state index in [1.165, 1.54) is 25.7 Å². The minimum Gasteiger partial charge on any atom is -0.381 e. The Bertz CT molecular complexity index is 474. The van der Waals surface area contributed by atoms with Gasteiger partial charge in [-0.25, -0.2) is 4.98 Å². The van der Waals surface area contributed by atoms with Gasteiger partial charge in [0.1, 0.15) is 5.69 Å². The summed E-state index contributed by atoms with van der Waals surface area (Å²) in [6, 6.07) is 4.40. The molecule has 1 saturated heterocycles. The summed E-state index contributed by atoms with van der Waals surface area (Å²) in [4.78, 5) is 20.9. The van der Waals surface area contributed by atoms with E-state index in [1.807, 2.05) is 17.0 Å². The van der Waals surface area contributed by atoms with E-state index in [1.54, 1.807) is 6.20 Å². The molecule has 0 atom stereocenters. The Morgan fingerprint density at radius 3 is 2.52 bits per heavy atom. The summed E-state index contributed by atoms with van der Waals surface area (Å²) in [6.07, 6.45) is 6.89. The van der Waals surface area contributed by atoms with E-state index in [9.17, 15) is 4.79 Å². The standard InChI is InChI=1S/C16H24N4O/c1-19-8-10-20(11-9-19)16(21)15-7-6-14(12-17-15)18-13-4-2-3-5-13/h6-7,12-13,18H,2-5,8-11H2,1H3. The molecule has 1 aliphatic carbocycles. The lowest BCUT2D eigenvalue weighted by Gasteiger charge is -2.32. The highest BCUT2D eigenvalue weighted by atomic mass is 16.2. The van der Waals surface area contributed by atoms with E-state index in [-0.39, 0.29) is 5.91 Å². The van der Waals surface area contributed by atoms with E-state index >= 15 is 0 Å². The fraction of sp³-hybridized carbons (Fsp3) is 0.625. The number of likely N-dealkylation sites (N-methyl/N-ethyl adjacent to an activating group) is 1. The summed E-state index contributed by atoms with van der Waals surface area (Å²) in [5.74, 6) is 0.0514. The Kier molecular flexibility index (Phi) is 4.39. The number of anilines is 1. The molecular weight excluding hydrogens is 264 g/mol. The first-order valence-corrected chi connectivity index (χ1v) is 7.93. The van der Waals surface area contributed by atoms with Crippen molar-refractivity contribution in [2.75, 3.05) is 38.5 Å². The lowest BCUT2D eigenvalue weighted by molar-refractivity contribution is 0.0658. The fourth-order valence-corrected chi connectivity index (χ4v) is 3.08. The van der Waals surface area contributed by atoms with Crippen LogP contribution in [0.1, 0.15) is 36.2 Å². The monoisotopic (exact) mass is 288 g/mol. The van der Waals surface area contributed by atoms with Crippen LogP contribution in [0.2, 0.25) is 0 Å². The van der Waals surface area contributed by atoms with Gasteiger partial charge in [0.2, 0.25) is 0 Å². The maximum atomic E-state index is 12.4. The molecule has 1 aromatic rings. The topological polar surface area (TPSA) is 48.5 Å². The molecule has 3 rings (SSSR count). The molecule has 0 unspecified atom stereocenters. The van der Waals surface area contributed by atoms with Crippen LogP contribution >= 0.6 is 0 Å². The van der Waals surface area contributed by atoms with Crippen LogP contribution in [0.5, 0.6) is 0 Å². The van der Waals surface area contributed by atoms with Gasteiger partial charge in [-0.2, -0.15) is 0 Å². The highest BCUT2D eigenvalue weighted by Gasteiger charge is 2.21. The molecule has 1 saturated carbocycles. The van der Waals surface area contributed by atoms with Crippen LogP contribution in [0.4, 0.5) is 5.69 Å². The zero-order valence-electron chi connectivity index (χ0n) is 12.7. The number of nitrogens with zero attached hydrogens (tertiary/aromatic N) is 3. The average molecular weight is 288 g/mol. The van der Waals surface area contributed by atoms with Gasteiger partial charge in [0.25, 0.3) is 5.91 Å². The van der Waals surface area contributed by atoms with Crippen molar-refractivity contribution in [1.29, 1.82) is 0 Å². The van der Waals surface area contributed by atoms with E-state index in [2.05, 4.69) is 22.2 Å². The highest BCUT2D eigenvalue weighted by Crippen LogP contribution is 2.22. The molecule has 2 aliphatic rings. The Morgan fingerprint density at radius 2 is 1.90 bits per heavy atom. The van der Waals surface area contributed by atoms with Crippen LogP contribution in [-0.2, 0) is 0 Å². The van der Waals surface area contributed by atoms with Crippen molar-refractivity contribution in [2.45, 2.75) is 31.7 Å². The van der Waals surface area contributed by atoms with Crippen molar-refractivity contribution in [3.8, 4) is 0 Å². The summed E-state index contributed by atoms with van der Waals surface area (Å²) in [7, 11) is 2.09. The Balaban J connectivity index is 1.59. The van der Waals surface area contributed by atoms with Gasteiger partial charge < -0.3 is 15.1 Å². The predicted molar refractivity (Wildman–Crippen MR) is 83.5 cm³/mol. The number of piperazine rings is 1. The molecule has 5 heteroatoms. The molecule has 0 bridgehead atoms. The normalized spacial score (nSPS) is 20.7. The molecule has 5 nitrogen and oxygen atoms in total. The van der Waals surface area contributed by atoms with E-state index in [0.717, 1.165) is 31.9 Å². The fourth-order valence-electron chi connectivity index (χ4n) is 3.08. The van der Waals surface area contributed by atoms with Crippen molar-refractivity contribution in [2.24, 2.45) is 0 Å². The van der Waals surface area contributed by atoms with E-state index < -0.39 is 0 Å². The number of carbonyl (C=O) groups excluding carboxylic acids is 1. The number of pyridine rings is 1. The van der Waals surface area contributed by atoms with Gasteiger partial charge in [-0.15, -0.1) is 0 Å². The van der Waals surface area contributed by atoms with Crippen LogP contribution in [0.25, 0.3) is 0 Å². The zero-order chi connectivity index (χ0) is 14.7. The molecule has 2 fully saturated rings. The Hall–Kier alpha value is -1.62. The Labute approximate surface area is 126 Å². The van der Waals surface area contributed by atoms with Gasteiger partial charge in [-0.05, 0) is 32.0 Å². The number of amides is 1. The van der Waals surface area contributed by atoms with Crippen LogP contribution in [0.3, 0.4) is 0 Å². The minimum absolute atomic E-state index is 0.0514. The van der Waals surface area contributed by atoms with Crippen molar-refractivity contribution in [1.82, 2.24) is 14.8 Å². The molecule has 0 radical (unpaired) electrons. The second-order valence-electron chi connectivity index (χ2n) is 6.15. The summed E-state index contributed by atoms with van der Waals surface area (Å²) >= 11 is 0. The lowest BCUT2D eigenvalue weighted by atomic mass is 10.2. The average Bonchev–Trinajstić information content (AvgIpc) is 3.01. The molecule has 1 aliphatic heterocycles. The molecule has 2 heterocycles. The number of aromatic nitrogens is 1. The van der Waals surface area contributed by atoms with E-state index in [0.29, 0.717) is 11.7 Å². The zero-order valence-corrected chi connectivity index (χ0v) is 12.7. The first-order chi connectivity index (χ1) is 10.2. The van der Waals surface area contributed by atoms with E-state index in [4.69, 9.17) is 0 Å². The predicted octanol–water partition coefficient (Wildman–Crippen LogP) is 1.82. The molecular formula is C16H24N4O. The number of nitrogens with one attached hydrogen (secondary N) is 1. The molecule has 0 spiro atoms. The first-order valence-electron chi connectivity index (χ1n) is 7.93.